The maximum absolute atomic E-state index is 12.5. The first-order chi connectivity index (χ1) is 11.2. The number of rotatable bonds is 5. The molecule has 1 amide bonds. The summed E-state index contributed by atoms with van der Waals surface area (Å²) in [6.07, 6.45) is 1.68. The molecule has 24 heavy (non-hydrogen) atoms. The van der Waals surface area contributed by atoms with Crippen molar-refractivity contribution >= 4 is 15.9 Å². The number of hydrogen-bond donors (Lipinski definition) is 2. The van der Waals surface area contributed by atoms with E-state index in [-0.39, 0.29) is 22.3 Å². The van der Waals surface area contributed by atoms with Crippen LogP contribution in [0.1, 0.15) is 34.6 Å². The minimum atomic E-state index is -3.91. The van der Waals surface area contributed by atoms with Crippen LogP contribution in [0.25, 0.3) is 0 Å². The lowest BCUT2D eigenvalue weighted by Gasteiger charge is -2.16. The fourth-order valence-corrected chi connectivity index (χ4v) is 2.67. The van der Waals surface area contributed by atoms with Gasteiger partial charge in [0.1, 0.15) is 5.75 Å². The average molecular weight is 349 g/mol. The number of carbonyl (C=O) groups is 1. The van der Waals surface area contributed by atoms with Gasteiger partial charge in [0.15, 0.2) is 0 Å². The molecule has 0 spiro atoms. The van der Waals surface area contributed by atoms with Crippen molar-refractivity contribution in [3.8, 4) is 5.75 Å². The second-order valence-electron chi connectivity index (χ2n) is 5.34. The van der Waals surface area contributed by atoms with E-state index >= 15 is 0 Å². The molecule has 1 atom stereocenters. The molecular formula is C16H19N3O4S. The van der Waals surface area contributed by atoms with Crippen molar-refractivity contribution in [1.29, 1.82) is 0 Å². The molecule has 0 bridgehead atoms. The van der Waals surface area contributed by atoms with Gasteiger partial charge in [-0.2, -0.15) is 0 Å². The molecule has 1 aromatic heterocycles. The Balaban J connectivity index is 2.29. The molecule has 0 radical (unpaired) electrons. The van der Waals surface area contributed by atoms with Gasteiger partial charge >= 0.3 is 0 Å². The highest BCUT2D eigenvalue weighted by Crippen LogP contribution is 2.23. The van der Waals surface area contributed by atoms with Crippen LogP contribution in [0.4, 0.5) is 0 Å². The number of ether oxygens (including phenoxy) is 1. The molecule has 0 aliphatic carbocycles. The summed E-state index contributed by atoms with van der Waals surface area (Å²) in [6.45, 7) is 3.68. The van der Waals surface area contributed by atoms with Crippen LogP contribution < -0.4 is 15.2 Å². The number of amides is 1. The maximum atomic E-state index is 12.5. The van der Waals surface area contributed by atoms with Gasteiger partial charge in [0.2, 0.25) is 10.0 Å². The maximum Gasteiger partial charge on any atom is 0.255 e. The van der Waals surface area contributed by atoms with Crippen LogP contribution in [0.2, 0.25) is 0 Å². The van der Waals surface area contributed by atoms with Crippen molar-refractivity contribution < 1.29 is 17.9 Å². The SMILES string of the molecule is COc1ccc(S(N)(=O)=O)cc1C(=O)N[C@H](C)c1ccc(C)nc1. The van der Waals surface area contributed by atoms with Crippen molar-refractivity contribution in [2.75, 3.05) is 7.11 Å². The Morgan fingerprint density at radius 1 is 1.29 bits per heavy atom. The molecule has 0 fully saturated rings. The monoisotopic (exact) mass is 349 g/mol. The van der Waals surface area contributed by atoms with E-state index in [2.05, 4.69) is 10.3 Å². The fourth-order valence-electron chi connectivity index (χ4n) is 2.13. The summed E-state index contributed by atoms with van der Waals surface area (Å²) >= 11 is 0. The van der Waals surface area contributed by atoms with Crippen LogP contribution in [0.5, 0.6) is 5.75 Å². The third-order valence-corrected chi connectivity index (χ3v) is 4.44. The van der Waals surface area contributed by atoms with Crippen LogP contribution in [0.15, 0.2) is 41.4 Å². The van der Waals surface area contributed by atoms with E-state index in [1.54, 1.807) is 13.1 Å². The van der Waals surface area contributed by atoms with Crippen LogP contribution in [-0.2, 0) is 10.0 Å². The Hall–Kier alpha value is -2.45. The van der Waals surface area contributed by atoms with Crippen molar-refractivity contribution in [3.63, 3.8) is 0 Å². The predicted molar refractivity (Wildman–Crippen MR) is 89.2 cm³/mol. The van der Waals surface area contributed by atoms with E-state index in [1.165, 1.54) is 25.3 Å². The van der Waals surface area contributed by atoms with Crippen LogP contribution in [0.3, 0.4) is 0 Å². The lowest BCUT2D eigenvalue weighted by molar-refractivity contribution is 0.0936. The van der Waals surface area contributed by atoms with Crippen molar-refractivity contribution in [2.45, 2.75) is 24.8 Å². The van der Waals surface area contributed by atoms with Gasteiger partial charge in [0.25, 0.3) is 5.91 Å². The zero-order chi connectivity index (χ0) is 17.9. The van der Waals surface area contributed by atoms with Gasteiger partial charge < -0.3 is 10.1 Å². The Labute approximate surface area is 140 Å². The smallest absolute Gasteiger partial charge is 0.255 e. The number of pyridine rings is 1. The number of aryl methyl sites for hydroxylation is 1. The number of methoxy groups -OCH3 is 1. The zero-order valence-corrected chi connectivity index (χ0v) is 14.4. The van der Waals surface area contributed by atoms with Crippen LogP contribution in [-0.4, -0.2) is 26.4 Å². The number of aromatic nitrogens is 1. The van der Waals surface area contributed by atoms with E-state index in [0.717, 1.165) is 11.3 Å². The summed E-state index contributed by atoms with van der Waals surface area (Å²) in [5, 5.41) is 7.91. The summed E-state index contributed by atoms with van der Waals surface area (Å²) in [5.74, 6) is -0.209. The Morgan fingerprint density at radius 2 is 2.00 bits per heavy atom. The molecule has 3 N–H and O–H groups in total. The fraction of sp³-hybridized carbons (Fsp3) is 0.250. The number of carbonyl (C=O) groups excluding carboxylic acids is 1. The highest BCUT2D eigenvalue weighted by molar-refractivity contribution is 7.89. The van der Waals surface area contributed by atoms with Crippen molar-refractivity contribution in [3.05, 3.63) is 53.3 Å². The van der Waals surface area contributed by atoms with Gasteiger partial charge in [-0.3, -0.25) is 9.78 Å². The van der Waals surface area contributed by atoms with E-state index < -0.39 is 15.9 Å². The van der Waals surface area contributed by atoms with E-state index in [4.69, 9.17) is 9.88 Å². The van der Waals surface area contributed by atoms with Crippen LogP contribution >= 0.6 is 0 Å². The molecule has 1 aromatic carbocycles. The Morgan fingerprint density at radius 3 is 2.54 bits per heavy atom. The van der Waals surface area contributed by atoms with E-state index in [0.29, 0.717) is 0 Å². The number of hydrogen-bond acceptors (Lipinski definition) is 5. The lowest BCUT2D eigenvalue weighted by Crippen LogP contribution is -2.27. The molecule has 0 aliphatic heterocycles. The first-order valence-electron chi connectivity index (χ1n) is 7.16. The summed E-state index contributed by atoms with van der Waals surface area (Å²) in [4.78, 5) is 16.5. The van der Waals surface area contributed by atoms with Gasteiger partial charge in [-0.15, -0.1) is 0 Å². The Kier molecular flexibility index (Phi) is 5.20. The number of benzene rings is 1. The molecule has 0 aliphatic rings. The topological polar surface area (TPSA) is 111 Å². The number of nitrogens with zero attached hydrogens (tertiary/aromatic N) is 1. The molecular weight excluding hydrogens is 330 g/mol. The van der Waals surface area contributed by atoms with Crippen LogP contribution in [0, 0.1) is 6.92 Å². The highest BCUT2D eigenvalue weighted by Gasteiger charge is 2.19. The number of sulfonamides is 1. The van der Waals surface area contributed by atoms with Gasteiger partial charge in [-0.1, -0.05) is 6.07 Å². The standard InChI is InChI=1S/C16H19N3O4S/c1-10-4-5-12(9-18-10)11(2)19-16(20)14-8-13(24(17,21)22)6-7-15(14)23-3/h4-9,11H,1-3H3,(H,19,20)(H2,17,21,22)/t11-/m1/s1. The summed E-state index contributed by atoms with van der Waals surface area (Å²) in [7, 11) is -2.52. The number of primary sulfonamides is 1. The number of nitrogens with one attached hydrogen (secondary N) is 1. The van der Waals surface area contributed by atoms with E-state index in [1.807, 2.05) is 19.1 Å². The molecule has 8 heteroatoms. The number of nitrogens with two attached hydrogens (primary N) is 1. The van der Waals surface area contributed by atoms with E-state index in [9.17, 15) is 13.2 Å². The quantitative estimate of drug-likeness (QED) is 0.850. The third kappa shape index (κ3) is 4.09. The molecule has 128 valence electrons. The average Bonchev–Trinajstić information content (AvgIpc) is 2.53. The largest absolute Gasteiger partial charge is 0.496 e. The van der Waals surface area contributed by atoms with Gasteiger partial charge in [-0.05, 0) is 43.7 Å². The predicted octanol–water partition coefficient (Wildman–Crippen LogP) is 1.54. The highest BCUT2D eigenvalue weighted by atomic mass is 32.2. The Bertz CT molecular complexity index is 848. The van der Waals surface area contributed by atoms with Crippen molar-refractivity contribution in [2.24, 2.45) is 5.14 Å². The minimum absolute atomic E-state index is 0.0935. The van der Waals surface area contributed by atoms with Crippen molar-refractivity contribution in [1.82, 2.24) is 10.3 Å². The second kappa shape index (κ2) is 6.98. The lowest BCUT2D eigenvalue weighted by atomic mass is 10.1. The van der Waals surface area contributed by atoms with Gasteiger partial charge in [-0.25, -0.2) is 13.6 Å². The normalized spacial score (nSPS) is 12.5. The molecule has 1 heterocycles. The molecule has 0 saturated carbocycles. The zero-order valence-electron chi connectivity index (χ0n) is 13.6. The summed E-state index contributed by atoms with van der Waals surface area (Å²) in [5.41, 5.74) is 1.80. The third-order valence-electron chi connectivity index (χ3n) is 3.53. The van der Waals surface area contributed by atoms with Gasteiger partial charge in [0, 0.05) is 11.9 Å². The minimum Gasteiger partial charge on any atom is -0.496 e. The molecule has 0 unspecified atom stereocenters. The summed E-state index contributed by atoms with van der Waals surface area (Å²) < 4.78 is 28.1. The van der Waals surface area contributed by atoms with Gasteiger partial charge in [0.05, 0.1) is 23.6 Å². The molecule has 0 saturated heterocycles. The summed E-state index contributed by atoms with van der Waals surface area (Å²) in [6, 6.07) is 7.29. The molecule has 7 nitrogen and oxygen atoms in total. The second-order valence-corrected chi connectivity index (χ2v) is 6.90. The molecule has 2 rings (SSSR count). The first kappa shape index (κ1) is 17.9. The molecule has 2 aromatic rings. The first-order valence-corrected chi connectivity index (χ1v) is 8.71.